The number of nitrogens with two attached hydrogens (primary N) is 1. The summed E-state index contributed by atoms with van der Waals surface area (Å²) in [6.07, 6.45) is 3.98. The fraction of sp³-hybridized carbons (Fsp3) is 0.240. The van der Waals surface area contributed by atoms with Gasteiger partial charge in [-0.1, -0.05) is 18.2 Å². The van der Waals surface area contributed by atoms with E-state index in [1.807, 2.05) is 35.8 Å². The van der Waals surface area contributed by atoms with Gasteiger partial charge in [-0.15, -0.1) is 0 Å². The van der Waals surface area contributed by atoms with Crippen LogP contribution in [0.4, 0.5) is 16.4 Å². The number of imidazole rings is 1. The number of benzene rings is 2. The van der Waals surface area contributed by atoms with E-state index in [1.54, 1.807) is 47.3 Å². The van der Waals surface area contributed by atoms with Crippen molar-refractivity contribution in [3.8, 4) is 16.9 Å². The highest BCUT2D eigenvalue weighted by Crippen LogP contribution is 2.29. The van der Waals surface area contributed by atoms with Crippen LogP contribution in [0.1, 0.15) is 23.7 Å². The van der Waals surface area contributed by atoms with Crippen LogP contribution < -0.4 is 21.2 Å². The molecule has 2 aromatic carbocycles. The number of urea groups is 1. The minimum absolute atomic E-state index is 0.207. The summed E-state index contributed by atoms with van der Waals surface area (Å²) in [7, 11) is 1.60. The Morgan fingerprint density at radius 3 is 2.44 bits per heavy atom. The summed E-state index contributed by atoms with van der Waals surface area (Å²) in [5.74, 6) is 0.0181. The number of nitrogens with zero attached hydrogens (tertiary/aromatic N) is 7. The first kappa shape index (κ1) is 23.1. The summed E-state index contributed by atoms with van der Waals surface area (Å²) in [6.45, 7) is 3.67. The predicted octanol–water partition coefficient (Wildman–Crippen LogP) is 2.39. The van der Waals surface area contributed by atoms with Crippen molar-refractivity contribution in [3.63, 3.8) is 0 Å². The number of carbonyl (C=O) groups excluding carboxylic acids is 2. The molecule has 1 aliphatic heterocycles. The Kier molecular flexibility index (Phi) is 5.88. The molecule has 0 saturated carbocycles. The van der Waals surface area contributed by atoms with Crippen molar-refractivity contribution in [2.75, 3.05) is 22.9 Å². The van der Waals surface area contributed by atoms with Crippen LogP contribution in [-0.4, -0.2) is 48.9 Å². The molecule has 3 amide bonds. The second kappa shape index (κ2) is 9.17. The molecule has 1 fully saturated rings. The Bertz CT molecular complexity index is 1500. The quantitative estimate of drug-likeness (QED) is 0.448. The smallest absolute Gasteiger partial charge is 0.350 e. The summed E-state index contributed by atoms with van der Waals surface area (Å²) in [5.41, 5.74) is 8.65. The minimum atomic E-state index is -0.538. The highest BCUT2D eigenvalue weighted by atomic mass is 16.2. The zero-order chi connectivity index (χ0) is 25.4. The van der Waals surface area contributed by atoms with Gasteiger partial charge in [-0.3, -0.25) is 14.6 Å². The van der Waals surface area contributed by atoms with Gasteiger partial charge in [0.05, 0.1) is 17.6 Å². The number of amides is 3. The van der Waals surface area contributed by atoms with Crippen LogP contribution in [0.5, 0.6) is 0 Å². The van der Waals surface area contributed by atoms with Crippen LogP contribution in [-0.2, 0) is 13.6 Å². The van der Waals surface area contributed by atoms with E-state index in [9.17, 15) is 14.4 Å². The van der Waals surface area contributed by atoms with Crippen LogP contribution in [0, 0.1) is 0 Å². The lowest BCUT2D eigenvalue weighted by molar-refractivity contribution is 0.1000. The Morgan fingerprint density at radius 2 is 1.78 bits per heavy atom. The van der Waals surface area contributed by atoms with Crippen molar-refractivity contribution < 1.29 is 9.59 Å². The number of primary amides is 1. The zero-order valence-electron chi connectivity index (χ0n) is 20.0. The lowest BCUT2D eigenvalue weighted by atomic mass is 10.1. The molecule has 36 heavy (non-hydrogen) atoms. The molecule has 0 aliphatic carbocycles. The molecule has 1 aliphatic rings. The zero-order valence-corrected chi connectivity index (χ0v) is 20.0. The Labute approximate surface area is 207 Å². The molecule has 3 heterocycles. The largest absolute Gasteiger partial charge is 0.366 e. The second-order valence-electron chi connectivity index (χ2n) is 8.50. The van der Waals surface area contributed by atoms with E-state index in [0.717, 1.165) is 17.7 Å². The molecule has 2 aromatic heterocycles. The molecular formula is C25H26N8O3. The van der Waals surface area contributed by atoms with E-state index in [1.165, 1.54) is 15.6 Å². The van der Waals surface area contributed by atoms with Gasteiger partial charge < -0.3 is 10.3 Å². The monoisotopic (exact) mass is 486 g/mol. The molecule has 2 N–H and O–H groups in total. The number of hydrogen-bond acceptors (Lipinski definition) is 5. The molecular weight excluding hydrogens is 460 g/mol. The third-order valence-electron chi connectivity index (χ3n) is 6.32. The van der Waals surface area contributed by atoms with Gasteiger partial charge in [0.1, 0.15) is 6.33 Å². The van der Waals surface area contributed by atoms with Gasteiger partial charge in [0.2, 0.25) is 11.9 Å². The van der Waals surface area contributed by atoms with Crippen molar-refractivity contribution in [2.45, 2.75) is 19.9 Å². The fourth-order valence-electron chi connectivity index (χ4n) is 4.45. The molecule has 0 radical (unpaired) electrons. The van der Waals surface area contributed by atoms with Crippen LogP contribution >= 0.6 is 0 Å². The summed E-state index contributed by atoms with van der Waals surface area (Å²) in [6, 6.07) is 14.1. The summed E-state index contributed by atoms with van der Waals surface area (Å²) < 4.78 is 4.74. The Balaban J connectivity index is 1.45. The lowest BCUT2D eigenvalue weighted by Gasteiger charge is -2.35. The number of aromatic nitrogens is 5. The summed E-state index contributed by atoms with van der Waals surface area (Å²) in [4.78, 5) is 45.2. The molecule has 5 rings (SSSR count). The third-order valence-corrected chi connectivity index (χ3v) is 6.32. The second-order valence-corrected chi connectivity index (χ2v) is 8.50. The number of anilines is 2. The lowest BCUT2D eigenvalue weighted by Crippen LogP contribution is -2.50. The van der Waals surface area contributed by atoms with Crippen LogP contribution in [0.15, 0.2) is 65.8 Å². The van der Waals surface area contributed by atoms with Gasteiger partial charge in [0.15, 0.2) is 0 Å². The molecule has 0 atom stereocenters. The number of rotatable bonds is 6. The van der Waals surface area contributed by atoms with E-state index >= 15 is 0 Å². The normalized spacial score (nSPS) is 13.9. The van der Waals surface area contributed by atoms with Gasteiger partial charge in [0, 0.05) is 37.9 Å². The molecule has 0 bridgehead atoms. The average molecular weight is 487 g/mol. The topological polar surface area (TPSA) is 124 Å². The molecule has 11 heteroatoms. The minimum Gasteiger partial charge on any atom is -0.366 e. The van der Waals surface area contributed by atoms with Crippen molar-refractivity contribution >= 4 is 23.6 Å². The number of carbonyl (C=O) groups is 2. The molecule has 0 spiro atoms. The van der Waals surface area contributed by atoms with E-state index in [0.29, 0.717) is 42.5 Å². The molecule has 0 unspecified atom stereocenters. The van der Waals surface area contributed by atoms with Crippen LogP contribution in [0.2, 0.25) is 0 Å². The molecule has 11 nitrogen and oxygen atoms in total. The van der Waals surface area contributed by atoms with Crippen LogP contribution in [0.3, 0.4) is 0 Å². The maximum atomic E-state index is 13.5. The molecule has 4 aromatic rings. The SMILES string of the molecule is CCn1c(-c2ccc(-n3cnn(C)c3=O)cc2)cnc1N1CCCN(c2cccc(C(N)=O)c2)C1=O. The van der Waals surface area contributed by atoms with Gasteiger partial charge in [-0.25, -0.2) is 23.8 Å². The van der Waals surface area contributed by atoms with E-state index in [-0.39, 0.29) is 11.7 Å². The van der Waals surface area contributed by atoms with Crippen molar-refractivity contribution in [1.29, 1.82) is 0 Å². The number of hydrogen-bond donors (Lipinski definition) is 1. The van der Waals surface area contributed by atoms with Gasteiger partial charge in [-0.2, -0.15) is 5.10 Å². The van der Waals surface area contributed by atoms with Gasteiger partial charge in [0.25, 0.3) is 0 Å². The predicted molar refractivity (Wildman–Crippen MR) is 135 cm³/mol. The first-order valence-corrected chi connectivity index (χ1v) is 11.6. The van der Waals surface area contributed by atoms with E-state index in [4.69, 9.17) is 5.73 Å². The number of aryl methyl sites for hydroxylation is 1. The Morgan fingerprint density at radius 1 is 1.03 bits per heavy atom. The first-order chi connectivity index (χ1) is 17.4. The average Bonchev–Trinajstić information content (AvgIpc) is 3.47. The maximum Gasteiger partial charge on any atom is 0.350 e. The molecule has 1 saturated heterocycles. The Hall–Kier alpha value is -4.67. The summed E-state index contributed by atoms with van der Waals surface area (Å²) in [5, 5.41) is 3.99. The summed E-state index contributed by atoms with van der Waals surface area (Å²) >= 11 is 0. The van der Waals surface area contributed by atoms with Crippen molar-refractivity contribution in [2.24, 2.45) is 12.8 Å². The van der Waals surface area contributed by atoms with Crippen LogP contribution in [0.25, 0.3) is 16.9 Å². The standard InChI is InChI=1S/C25H26N8O3/c1-3-30-21(17-8-10-19(11-9-17)33-16-28-29(2)24(33)35)15-27-23(30)32-13-5-12-31(25(32)36)20-7-4-6-18(14-20)22(26)34/h4,6-11,14-16H,3,5,12-13H2,1-2H3,(H2,26,34). The first-order valence-electron chi connectivity index (χ1n) is 11.6. The van der Waals surface area contributed by atoms with Crippen molar-refractivity contribution in [1.82, 2.24) is 23.9 Å². The third kappa shape index (κ3) is 3.94. The van der Waals surface area contributed by atoms with Gasteiger partial charge >= 0.3 is 11.7 Å². The van der Waals surface area contributed by atoms with Gasteiger partial charge in [-0.05, 0) is 49.2 Å². The fourth-order valence-corrected chi connectivity index (χ4v) is 4.45. The highest BCUT2D eigenvalue weighted by Gasteiger charge is 2.31. The van der Waals surface area contributed by atoms with E-state index in [2.05, 4.69) is 10.1 Å². The molecule has 184 valence electrons. The van der Waals surface area contributed by atoms with E-state index < -0.39 is 5.91 Å². The highest BCUT2D eigenvalue weighted by molar-refractivity contribution is 6.04. The maximum absolute atomic E-state index is 13.5. The van der Waals surface area contributed by atoms with Crippen molar-refractivity contribution in [3.05, 3.63) is 77.1 Å².